The summed E-state index contributed by atoms with van der Waals surface area (Å²) in [7, 11) is 0. The molecule has 20 heavy (non-hydrogen) atoms. The predicted molar refractivity (Wildman–Crippen MR) is 70.8 cm³/mol. The van der Waals surface area contributed by atoms with E-state index in [1.54, 1.807) is 6.92 Å². The lowest BCUT2D eigenvalue weighted by atomic mass is 9.95. The Morgan fingerprint density at radius 2 is 2.00 bits per heavy atom. The maximum Gasteiger partial charge on any atom is 0.307 e. The van der Waals surface area contributed by atoms with E-state index in [0.717, 1.165) is 11.3 Å². The molecule has 1 aromatic heterocycles. The minimum Gasteiger partial charge on any atom is -0.481 e. The molecule has 2 N–H and O–H groups in total. The van der Waals surface area contributed by atoms with E-state index in [9.17, 15) is 14.7 Å². The summed E-state index contributed by atoms with van der Waals surface area (Å²) >= 11 is 0. The van der Waals surface area contributed by atoms with Crippen LogP contribution in [0.2, 0.25) is 0 Å². The molecule has 110 valence electrons. The third kappa shape index (κ3) is 2.84. The highest BCUT2D eigenvalue weighted by atomic mass is 16.5. The van der Waals surface area contributed by atoms with Crippen molar-refractivity contribution in [2.24, 2.45) is 17.8 Å². The highest BCUT2D eigenvalue weighted by molar-refractivity contribution is 5.85. The highest BCUT2D eigenvalue weighted by Crippen LogP contribution is 2.36. The molecule has 1 fully saturated rings. The zero-order chi connectivity index (χ0) is 14.9. The van der Waals surface area contributed by atoms with Gasteiger partial charge in [-0.2, -0.15) is 0 Å². The van der Waals surface area contributed by atoms with Crippen molar-refractivity contribution in [1.29, 1.82) is 0 Å². The molecule has 3 unspecified atom stereocenters. The van der Waals surface area contributed by atoms with E-state index in [4.69, 9.17) is 4.52 Å². The molecule has 6 nitrogen and oxygen atoms in total. The molecule has 1 saturated carbocycles. The zero-order valence-electron chi connectivity index (χ0n) is 12.0. The Bertz CT molecular complexity index is 504. The number of hydrogen-bond donors (Lipinski definition) is 2. The SMILES string of the molecule is Cc1noc(C)c1CNC(=O)C1CC(C)CC1C(=O)O. The summed E-state index contributed by atoms with van der Waals surface area (Å²) in [4.78, 5) is 23.4. The maximum atomic E-state index is 12.2. The van der Waals surface area contributed by atoms with Crippen molar-refractivity contribution in [3.05, 3.63) is 17.0 Å². The van der Waals surface area contributed by atoms with Crippen LogP contribution in [0.4, 0.5) is 0 Å². The number of rotatable bonds is 4. The number of aromatic nitrogens is 1. The summed E-state index contributed by atoms with van der Waals surface area (Å²) in [5.41, 5.74) is 1.61. The molecule has 0 aliphatic heterocycles. The van der Waals surface area contributed by atoms with Gasteiger partial charge in [-0.1, -0.05) is 12.1 Å². The first-order valence-corrected chi connectivity index (χ1v) is 6.82. The topological polar surface area (TPSA) is 92.4 Å². The molecule has 0 bridgehead atoms. The molecule has 1 aliphatic rings. The second kappa shape index (κ2) is 5.64. The molecule has 1 amide bonds. The van der Waals surface area contributed by atoms with E-state index >= 15 is 0 Å². The van der Waals surface area contributed by atoms with Crippen molar-refractivity contribution < 1.29 is 19.2 Å². The summed E-state index contributed by atoms with van der Waals surface area (Å²) in [6, 6.07) is 0. The largest absolute Gasteiger partial charge is 0.481 e. The van der Waals surface area contributed by atoms with Crippen LogP contribution in [-0.4, -0.2) is 22.1 Å². The fourth-order valence-corrected chi connectivity index (χ4v) is 2.92. The van der Waals surface area contributed by atoms with Gasteiger partial charge in [0, 0.05) is 12.1 Å². The van der Waals surface area contributed by atoms with Crippen molar-refractivity contribution >= 4 is 11.9 Å². The molecular formula is C14H20N2O4. The Balaban J connectivity index is 2.00. The number of carboxylic acids is 1. The van der Waals surface area contributed by atoms with Crippen molar-refractivity contribution in [3.8, 4) is 0 Å². The summed E-state index contributed by atoms with van der Waals surface area (Å²) < 4.78 is 5.03. The predicted octanol–water partition coefficient (Wildman–Crippen LogP) is 1.65. The van der Waals surface area contributed by atoms with E-state index in [-0.39, 0.29) is 11.8 Å². The van der Waals surface area contributed by atoms with Crippen molar-refractivity contribution in [1.82, 2.24) is 10.5 Å². The quantitative estimate of drug-likeness (QED) is 0.875. The fourth-order valence-electron chi connectivity index (χ4n) is 2.92. The number of carbonyl (C=O) groups excluding carboxylic acids is 1. The molecule has 1 aliphatic carbocycles. The number of aryl methyl sites for hydroxylation is 2. The van der Waals surface area contributed by atoms with E-state index in [1.165, 1.54) is 0 Å². The molecule has 0 radical (unpaired) electrons. The average Bonchev–Trinajstić information content (AvgIpc) is 2.91. The van der Waals surface area contributed by atoms with E-state index in [0.29, 0.717) is 25.1 Å². The summed E-state index contributed by atoms with van der Waals surface area (Å²) in [6.45, 7) is 5.92. The van der Waals surface area contributed by atoms with Gasteiger partial charge in [-0.15, -0.1) is 0 Å². The van der Waals surface area contributed by atoms with Crippen molar-refractivity contribution in [2.45, 2.75) is 40.2 Å². The lowest BCUT2D eigenvalue weighted by molar-refractivity contribution is -0.146. The first-order valence-electron chi connectivity index (χ1n) is 6.82. The molecule has 2 rings (SSSR count). The number of nitrogens with zero attached hydrogens (tertiary/aromatic N) is 1. The van der Waals surface area contributed by atoms with Gasteiger partial charge in [0.1, 0.15) is 5.76 Å². The van der Waals surface area contributed by atoms with Crippen LogP contribution in [0, 0.1) is 31.6 Å². The van der Waals surface area contributed by atoms with Crippen LogP contribution in [0.3, 0.4) is 0 Å². The number of hydrogen-bond acceptors (Lipinski definition) is 4. The summed E-state index contributed by atoms with van der Waals surface area (Å²) in [6.07, 6.45) is 1.20. The Labute approximate surface area is 117 Å². The Kier molecular flexibility index (Phi) is 4.11. The smallest absolute Gasteiger partial charge is 0.307 e. The number of nitrogens with one attached hydrogen (secondary N) is 1. The van der Waals surface area contributed by atoms with Gasteiger partial charge in [0.2, 0.25) is 5.91 Å². The lowest BCUT2D eigenvalue weighted by Gasteiger charge is -2.15. The van der Waals surface area contributed by atoms with Gasteiger partial charge >= 0.3 is 5.97 Å². The third-order valence-corrected chi connectivity index (χ3v) is 4.07. The molecule has 3 atom stereocenters. The van der Waals surface area contributed by atoms with Gasteiger partial charge < -0.3 is 14.9 Å². The van der Waals surface area contributed by atoms with E-state index in [2.05, 4.69) is 10.5 Å². The van der Waals surface area contributed by atoms with Gasteiger partial charge in [0.05, 0.1) is 17.5 Å². The number of carbonyl (C=O) groups is 2. The monoisotopic (exact) mass is 280 g/mol. The maximum absolute atomic E-state index is 12.2. The third-order valence-electron chi connectivity index (χ3n) is 4.07. The summed E-state index contributed by atoms with van der Waals surface area (Å²) in [5.74, 6) is -1.14. The average molecular weight is 280 g/mol. The van der Waals surface area contributed by atoms with Gasteiger partial charge in [0.15, 0.2) is 0 Å². The number of amides is 1. The van der Waals surface area contributed by atoms with Crippen LogP contribution in [0.5, 0.6) is 0 Å². The van der Waals surface area contributed by atoms with Crippen LogP contribution in [0.1, 0.15) is 36.8 Å². The molecule has 6 heteroatoms. The van der Waals surface area contributed by atoms with Crippen LogP contribution in [0.25, 0.3) is 0 Å². The second-order valence-corrected chi connectivity index (χ2v) is 5.65. The molecule has 1 heterocycles. The van der Waals surface area contributed by atoms with E-state index in [1.807, 2.05) is 13.8 Å². The highest BCUT2D eigenvalue weighted by Gasteiger charge is 2.41. The van der Waals surface area contributed by atoms with Crippen LogP contribution in [-0.2, 0) is 16.1 Å². The number of aliphatic carboxylic acids is 1. The van der Waals surface area contributed by atoms with Crippen molar-refractivity contribution in [3.63, 3.8) is 0 Å². The van der Waals surface area contributed by atoms with Gasteiger partial charge in [0.25, 0.3) is 0 Å². The first kappa shape index (κ1) is 14.6. The molecular weight excluding hydrogens is 260 g/mol. The normalized spacial score (nSPS) is 25.6. The fraction of sp³-hybridized carbons (Fsp3) is 0.643. The van der Waals surface area contributed by atoms with E-state index < -0.39 is 17.8 Å². The second-order valence-electron chi connectivity index (χ2n) is 5.65. The van der Waals surface area contributed by atoms with Gasteiger partial charge in [-0.3, -0.25) is 9.59 Å². The van der Waals surface area contributed by atoms with Crippen LogP contribution >= 0.6 is 0 Å². The number of carboxylic acid groups (broad SMARTS) is 1. The minimum atomic E-state index is -0.883. The summed E-state index contributed by atoms with van der Waals surface area (Å²) in [5, 5.41) is 15.8. The zero-order valence-corrected chi connectivity index (χ0v) is 12.0. The molecule has 0 spiro atoms. The molecule has 0 saturated heterocycles. The standard InChI is InChI=1S/C14H20N2O4/c1-7-4-10(11(5-7)14(18)19)13(17)15-6-12-8(2)16-20-9(12)3/h7,10-11H,4-6H2,1-3H3,(H,15,17)(H,18,19). The molecule has 1 aromatic rings. The Morgan fingerprint density at radius 3 is 2.55 bits per heavy atom. The van der Waals surface area contributed by atoms with Gasteiger partial charge in [-0.05, 0) is 32.6 Å². The van der Waals surface area contributed by atoms with Crippen LogP contribution < -0.4 is 5.32 Å². The Morgan fingerprint density at radius 1 is 1.35 bits per heavy atom. The minimum absolute atomic E-state index is 0.193. The lowest BCUT2D eigenvalue weighted by Crippen LogP contribution is -2.35. The van der Waals surface area contributed by atoms with Crippen LogP contribution in [0.15, 0.2) is 4.52 Å². The first-order chi connectivity index (χ1) is 9.40. The van der Waals surface area contributed by atoms with Crippen molar-refractivity contribution in [2.75, 3.05) is 0 Å². The molecule has 0 aromatic carbocycles. The Hall–Kier alpha value is -1.85. The van der Waals surface area contributed by atoms with Gasteiger partial charge in [-0.25, -0.2) is 0 Å².